The average Bonchev–Trinajstić information content (AvgIpc) is 3.11. The molecule has 3 rings (SSSR count). The number of aromatic nitrogens is 2. The number of halogens is 2. The molecule has 0 fully saturated rings. The Morgan fingerprint density at radius 2 is 1.86 bits per heavy atom. The number of nitrogens with zero attached hydrogens (tertiary/aromatic N) is 2. The minimum absolute atomic E-state index is 0.109. The average molecular weight is 405 g/mol. The van der Waals surface area contributed by atoms with Crippen LogP contribution in [0.15, 0.2) is 58.2 Å². The highest BCUT2D eigenvalue weighted by atomic mass is 32.2. The van der Waals surface area contributed by atoms with Crippen LogP contribution in [-0.4, -0.2) is 28.0 Å². The number of benzene rings is 2. The topological polar surface area (TPSA) is 77.2 Å². The largest absolute Gasteiger partial charge is 0.433 e. The highest BCUT2D eigenvalue weighted by molar-refractivity contribution is 8.00. The number of hydrogen-bond donors (Lipinski definition) is 1. The van der Waals surface area contributed by atoms with Crippen molar-refractivity contribution >= 4 is 23.4 Å². The molecule has 0 spiro atoms. The van der Waals surface area contributed by atoms with Gasteiger partial charge in [-0.05, 0) is 37.6 Å². The number of carbonyl (C=O) groups excluding carboxylic acids is 1. The van der Waals surface area contributed by atoms with Crippen LogP contribution in [0.4, 0.5) is 14.5 Å². The first-order valence-electron chi connectivity index (χ1n) is 8.35. The number of anilines is 1. The Hall–Kier alpha value is -2.94. The van der Waals surface area contributed by atoms with Crippen molar-refractivity contribution in [2.75, 3.05) is 5.32 Å². The van der Waals surface area contributed by atoms with Crippen molar-refractivity contribution < 1.29 is 22.7 Å². The molecule has 0 aliphatic heterocycles. The zero-order valence-electron chi connectivity index (χ0n) is 15.1. The van der Waals surface area contributed by atoms with E-state index < -0.39 is 17.8 Å². The van der Waals surface area contributed by atoms with Crippen molar-refractivity contribution in [3.63, 3.8) is 0 Å². The number of thioether (sulfide) groups is 1. The fourth-order valence-corrected chi connectivity index (χ4v) is 3.07. The molecular formula is C19H17F2N3O3S. The van der Waals surface area contributed by atoms with E-state index in [1.54, 1.807) is 13.0 Å². The van der Waals surface area contributed by atoms with Gasteiger partial charge in [0.25, 0.3) is 5.22 Å². The standard InChI is InChI=1S/C19H17F2N3O3S/c1-11-7-3-4-8-13(11)17-23-24-19(27-17)28-12(2)16(25)22-14-9-5-6-10-15(14)26-18(20)21/h3-10,12,18H,1-2H3,(H,22,25)/t12-/m1/s1. The molecule has 0 unspecified atom stereocenters. The number of para-hydroxylation sites is 2. The van der Waals surface area contributed by atoms with Crippen molar-refractivity contribution in [2.45, 2.75) is 30.9 Å². The Morgan fingerprint density at radius 3 is 2.61 bits per heavy atom. The third-order valence-electron chi connectivity index (χ3n) is 3.79. The summed E-state index contributed by atoms with van der Waals surface area (Å²) in [6.45, 7) is 0.596. The molecule has 0 bridgehead atoms. The van der Waals surface area contributed by atoms with E-state index in [2.05, 4.69) is 20.3 Å². The van der Waals surface area contributed by atoms with E-state index in [0.29, 0.717) is 5.89 Å². The van der Waals surface area contributed by atoms with Crippen LogP contribution >= 0.6 is 11.8 Å². The van der Waals surface area contributed by atoms with Gasteiger partial charge in [-0.25, -0.2) is 0 Å². The molecule has 1 aromatic heterocycles. The summed E-state index contributed by atoms with van der Waals surface area (Å²) >= 11 is 1.07. The van der Waals surface area contributed by atoms with Crippen molar-refractivity contribution in [2.24, 2.45) is 0 Å². The van der Waals surface area contributed by atoms with Crippen LogP contribution in [0, 0.1) is 6.92 Å². The molecule has 1 amide bonds. The lowest BCUT2D eigenvalue weighted by Crippen LogP contribution is -2.23. The first kappa shape index (κ1) is 19.8. The summed E-state index contributed by atoms with van der Waals surface area (Å²) in [5.41, 5.74) is 1.97. The number of carbonyl (C=O) groups is 1. The summed E-state index contributed by atoms with van der Waals surface area (Å²) < 4.78 is 35.0. The maximum absolute atomic E-state index is 12.5. The molecule has 28 heavy (non-hydrogen) atoms. The molecule has 9 heteroatoms. The molecule has 0 saturated heterocycles. The predicted octanol–water partition coefficient (Wildman–Crippen LogP) is 4.77. The van der Waals surface area contributed by atoms with E-state index >= 15 is 0 Å². The van der Waals surface area contributed by atoms with Gasteiger partial charge in [0.1, 0.15) is 5.75 Å². The minimum atomic E-state index is -2.98. The minimum Gasteiger partial charge on any atom is -0.433 e. The van der Waals surface area contributed by atoms with E-state index in [-0.39, 0.29) is 16.7 Å². The molecule has 1 N–H and O–H groups in total. The SMILES string of the molecule is Cc1ccccc1-c1nnc(S[C@H](C)C(=O)Nc2ccccc2OC(F)F)o1. The third-order valence-corrected chi connectivity index (χ3v) is 4.72. The Bertz CT molecular complexity index is 965. The molecule has 0 aliphatic rings. The second kappa shape index (κ2) is 8.83. The van der Waals surface area contributed by atoms with Gasteiger partial charge in [0.05, 0.1) is 10.9 Å². The summed E-state index contributed by atoms with van der Waals surface area (Å²) in [5.74, 6) is -0.155. The number of hydrogen-bond acceptors (Lipinski definition) is 6. The first-order chi connectivity index (χ1) is 13.4. The highest BCUT2D eigenvalue weighted by Crippen LogP contribution is 2.30. The van der Waals surface area contributed by atoms with Gasteiger partial charge in [0.15, 0.2) is 0 Å². The van der Waals surface area contributed by atoms with Crippen molar-refractivity contribution in [1.29, 1.82) is 0 Å². The van der Waals surface area contributed by atoms with E-state index in [0.717, 1.165) is 22.9 Å². The molecule has 1 atom stereocenters. The van der Waals surface area contributed by atoms with Gasteiger partial charge in [-0.2, -0.15) is 8.78 Å². The lowest BCUT2D eigenvalue weighted by atomic mass is 10.1. The van der Waals surface area contributed by atoms with Gasteiger partial charge >= 0.3 is 6.61 Å². The third kappa shape index (κ3) is 4.86. The van der Waals surface area contributed by atoms with Gasteiger partial charge in [0.2, 0.25) is 11.8 Å². The second-order valence-corrected chi connectivity index (χ2v) is 7.10. The van der Waals surface area contributed by atoms with Gasteiger partial charge in [0, 0.05) is 5.56 Å². The van der Waals surface area contributed by atoms with Gasteiger partial charge in [-0.15, -0.1) is 10.2 Å². The maximum Gasteiger partial charge on any atom is 0.387 e. The number of ether oxygens (including phenoxy) is 1. The molecular weight excluding hydrogens is 388 g/mol. The summed E-state index contributed by atoms with van der Waals surface area (Å²) in [7, 11) is 0. The first-order valence-corrected chi connectivity index (χ1v) is 9.23. The number of rotatable bonds is 7. The Labute approximate surface area is 164 Å². The monoisotopic (exact) mass is 405 g/mol. The maximum atomic E-state index is 12.5. The smallest absolute Gasteiger partial charge is 0.387 e. The molecule has 0 aliphatic carbocycles. The van der Waals surface area contributed by atoms with Crippen LogP contribution in [0.25, 0.3) is 11.5 Å². The lowest BCUT2D eigenvalue weighted by Gasteiger charge is -2.13. The van der Waals surface area contributed by atoms with Crippen LogP contribution in [0.3, 0.4) is 0 Å². The van der Waals surface area contributed by atoms with E-state index in [1.165, 1.54) is 18.2 Å². The van der Waals surface area contributed by atoms with Crippen molar-refractivity contribution in [3.8, 4) is 17.2 Å². The molecule has 0 radical (unpaired) electrons. The van der Waals surface area contributed by atoms with Gasteiger partial charge in [-0.3, -0.25) is 4.79 Å². The van der Waals surface area contributed by atoms with E-state index in [1.807, 2.05) is 31.2 Å². The quantitative estimate of drug-likeness (QED) is 0.571. The Kier molecular flexibility index (Phi) is 6.25. The van der Waals surface area contributed by atoms with E-state index in [4.69, 9.17) is 4.42 Å². The van der Waals surface area contributed by atoms with E-state index in [9.17, 15) is 13.6 Å². The van der Waals surface area contributed by atoms with Gasteiger partial charge < -0.3 is 14.5 Å². The molecule has 1 heterocycles. The summed E-state index contributed by atoms with van der Waals surface area (Å²) in [6, 6.07) is 13.6. The normalized spacial score (nSPS) is 12.0. The lowest BCUT2D eigenvalue weighted by molar-refractivity contribution is -0.115. The number of aryl methyl sites for hydroxylation is 1. The summed E-state index contributed by atoms with van der Waals surface area (Å²) in [5, 5.41) is 10.2. The molecule has 2 aromatic carbocycles. The van der Waals surface area contributed by atoms with Crippen LogP contribution < -0.4 is 10.1 Å². The number of amides is 1. The van der Waals surface area contributed by atoms with Crippen LogP contribution in [0.2, 0.25) is 0 Å². The predicted molar refractivity (Wildman–Crippen MR) is 101 cm³/mol. The van der Waals surface area contributed by atoms with Gasteiger partial charge in [-0.1, -0.05) is 42.1 Å². The molecule has 6 nitrogen and oxygen atoms in total. The van der Waals surface area contributed by atoms with Crippen LogP contribution in [-0.2, 0) is 4.79 Å². The molecule has 146 valence electrons. The van der Waals surface area contributed by atoms with Crippen LogP contribution in [0.1, 0.15) is 12.5 Å². The van der Waals surface area contributed by atoms with Crippen molar-refractivity contribution in [1.82, 2.24) is 10.2 Å². The Balaban J connectivity index is 1.67. The Morgan fingerprint density at radius 1 is 1.14 bits per heavy atom. The zero-order chi connectivity index (χ0) is 20.1. The second-order valence-electron chi connectivity index (χ2n) is 5.81. The zero-order valence-corrected chi connectivity index (χ0v) is 15.9. The fourth-order valence-electron chi connectivity index (χ4n) is 2.39. The summed E-state index contributed by atoms with van der Waals surface area (Å²) in [6.07, 6.45) is 0. The summed E-state index contributed by atoms with van der Waals surface area (Å²) in [4.78, 5) is 12.4. The van der Waals surface area contributed by atoms with Crippen molar-refractivity contribution in [3.05, 3.63) is 54.1 Å². The number of nitrogens with one attached hydrogen (secondary N) is 1. The highest BCUT2D eigenvalue weighted by Gasteiger charge is 2.21. The van der Waals surface area contributed by atoms with Crippen LogP contribution in [0.5, 0.6) is 5.75 Å². The molecule has 0 saturated carbocycles. The fraction of sp³-hybridized carbons (Fsp3) is 0.211. The molecule has 3 aromatic rings. The number of alkyl halides is 2.